The molecule has 2 N–H and O–H groups in total. The molecule has 16 nitrogen and oxygen atoms in total. The number of ether oxygens (including phenoxy) is 5. The van der Waals surface area contributed by atoms with Crippen LogP contribution in [0.4, 0.5) is 4.79 Å². The molecule has 0 bridgehead atoms. The van der Waals surface area contributed by atoms with Crippen molar-refractivity contribution in [2.24, 2.45) is 29.6 Å². The van der Waals surface area contributed by atoms with E-state index in [4.69, 9.17) is 23.7 Å². The Morgan fingerprint density at radius 2 is 1.48 bits per heavy atom. The molecule has 1 fully saturated rings. The van der Waals surface area contributed by atoms with Gasteiger partial charge >= 0.3 is 24.0 Å². The molecule has 0 aromatic heterocycles. The first-order chi connectivity index (χ1) is 31.0. The molecule has 0 spiro atoms. The van der Waals surface area contributed by atoms with Crippen molar-refractivity contribution in [3.63, 3.8) is 0 Å². The standard InChI is InChI=1S/C50H84N4O12Si/c1-31(2)27-38(51-44(56)43(33(5)6)65-41(55)28-34(7)35(8)32(3)4)45(57)54-24-20-23-39(54)46(58)53(13)40(29-37-21-18-17-19-22-37)47(59)64-36(9)42(52-49(61)66-50(10,11)12)48(60)63-30-62-25-26-67(14,15)16/h17-19,21-22,31-36,38-40,42-43H,20,23-30H2,1-16H3,(H,51,56)(H,52,61)/t34-,35+,36?,38-,39-,40-,42-,43-/m0/s1. The average Bonchev–Trinajstić information content (AvgIpc) is 3.71. The minimum absolute atomic E-state index is 0.0192. The van der Waals surface area contributed by atoms with E-state index in [-0.39, 0.29) is 56.3 Å². The van der Waals surface area contributed by atoms with Gasteiger partial charge in [0.25, 0.3) is 5.91 Å². The molecular formula is C50H84N4O12Si. The van der Waals surface area contributed by atoms with E-state index in [0.717, 1.165) is 6.04 Å². The fourth-order valence-corrected chi connectivity index (χ4v) is 8.34. The van der Waals surface area contributed by atoms with Crippen molar-refractivity contribution >= 4 is 49.8 Å². The molecule has 67 heavy (non-hydrogen) atoms. The molecule has 380 valence electrons. The van der Waals surface area contributed by atoms with E-state index in [1.54, 1.807) is 58.9 Å². The molecule has 1 aromatic carbocycles. The zero-order chi connectivity index (χ0) is 51.0. The average molecular weight is 961 g/mol. The van der Waals surface area contributed by atoms with Gasteiger partial charge in [0.05, 0.1) is 0 Å². The van der Waals surface area contributed by atoms with Crippen LogP contribution in [0.3, 0.4) is 0 Å². The van der Waals surface area contributed by atoms with Gasteiger partial charge in [0.1, 0.15) is 29.8 Å². The van der Waals surface area contributed by atoms with Crippen molar-refractivity contribution < 1.29 is 57.2 Å². The number of carbonyl (C=O) groups is 7. The van der Waals surface area contributed by atoms with Crippen LogP contribution >= 0.6 is 0 Å². The quantitative estimate of drug-likeness (QED) is 0.0331. The van der Waals surface area contributed by atoms with Crippen LogP contribution in [0.2, 0.25) is 25.7 Å². The molecule has 0 radical (unpaired) electrons. The second-order valence-electron chi connectivity index (χ2n) is 21.5. The predicted molar refractivity (Wildman–Crippen MR) is 259 cm³/mol. The highest BCUT2D eigenvalue weighted by Crippen LogP contribution is 2.26. The number of hydrogen-bond acceptors (Lipinski definition) is 12. The highest BCUT2D eigenvalue weighted by atomic mass is 28.3. The Balaban J connectivity index is 2.39. The molecular weight excluding hydrogens is 877 g/mol. The van der Waals surface area contributed by atoms with Crippen LogP contribution < -0.4 is 10.6 Å². The number of alkyl carbamates (subject to hydrolysis) is 1. The van der Waals surface area contributed by atoms with Crippen molar-refractivity contribution in [1.82, 2.24) is 20.4 Å². The van der Waals surface area contributed by atoms with E-state index in [9.17, 15) is 33.6 Å². The summed E-state index contributed by atoms with van der Waals surface area (Å²) < 4.78 is 28.0. The molecule has 2 rings (SSSR count). The first-order valence-corrected chi connectivity index (χ1v) is 27.8. The number of carbonyl (C=O) groups excluding carboxylic acids is 7. The summed E-state index contributed by atoms with van der Waals surface area (Å²) in [5.41, 5.74) is -0.202. The fourth-order valence-electron chi connectivity index (χ4n) is 7.59. The van der Waals surface area contributed by atoms with Crippen LogP contribution in [0, 0.1) is 29.6 Å². The summed E-state index contributed by atoms with van der Waals surface area (Å²) in [5, 5.41) is 5.35. The molecule has 1 unspecified atom stereocenters. The summed E-state index contributed by atoms with van der Waals surface area (Å²) in [6.07, 6.45) is -2.17. The lowest BCUT2D eigenvalue weighted by atomic mass is 9.84. The van der Waals surface area contributed by atoms with Crippen LogP contribution in [0.5, 0.6) is 0 Å². The highest BCUT2D eigenvalue weighted by Gasteiger charge is 2.43. The van der Waals surface area contributed by atoms with Gasteiger partial charge in [-0.3, -0.25) is 19.2 Å². The van der Waals surface area contributed by atoms with Crippen molar-refractivity contribution in [1.29, 1.82) is 0 Å². The van der Waals surface area contributed by atoms with Gasteiger partial charge in [0, 0.05) is 41.1 Å². The lowest BCUT2D eigenvalue weighted by Crippen LogP contribution is -2.58. The maximum absolute atomic E-state index is 14.6. The van der Waals surface area contributed by atoms with Gasteiger partial charge in [-0.2, -0.15) is 0 Å². The van der Waals surface area contributed by atoms with Crippen LogP contribution in [0.25, 0.3) is 0 Å². The maximum Gasteiger partial charge on any atom is 0.408 e. The number of amides is 4. The SMILES string of the molecule is CC(C)C[C@H](NC(=O)[C@@H](OC(=O)C[C@H](C)[C@H](C)C(C)C)C(C)C)C(=O)N1CCC[C@H]1C(=O)N(C)[C@@H](Cc1ccccc1)C(=O)OC(C)[C@H](NC(=O)OC(C)(C)C)C(=O)OCOCC[Si](C)(C)C. The molecule has 1 aromatic rings. The van der Waals surface area contributed by atoms with Gasteiger partial charge in [0.15, 0.2) is 18.9 Å². The number of nitrogens with one attached hydrogen (secondary N) is 2. The molecule has 1 aliphatic rings. The first-order valence-electron chi connectivity index (χ1n) is 24.1. The number of hydrogen-bond donors (Lipinski definition) is 2. The van der Waals surface area contributed by atoms with Gasteiger partial charge in [-0.1, -0.05) is 105 Å². The van der Waals surface area contributed by atoms with Crippen molar-refractivity contribution in [2.75, 3.05) is 27.0 Å². The largest absolute Gasteiger partial charge is 0.458 e. The van der Waals surface area contributed by atoms with Crippen molar-refractivity contribution in [3.8, 4) is 0 Å². The Morgan fingerprint density at radius 1 is 0.851 bits per heavy atom. The van der Waals surface area contributed by atoms with Gasteiger partial charge < -0.3 is 44.1 Å². The smallest absolute Gasteiger partial charge is 0.408 e. The van der Waals surface area contributed by atoms with Crippen molar-refractivity contribution in [3.05, 3.63) is 35.9 Å². The first kappa shape index (κ1) is 58.6. The lowest BCUT2D eigenvalue weighted by Gasteiger charge is -2.35. The van der Waals surface area contributed by atoms with E-state index >= 15 is 0 Å². The van der Waals surface area contributed by atoms with E-state index in [1.165, 1.54) is 23.8 Å². The van der Waals surface area contributed by atoms with Crippen LogP contribution in [-0.2, 0) is 58.9 Å². The Morgan fingerprint density at radius 3 is 2.03 bits per heavy atom. The number of likely N-dealkylation sites (tertiary alicyclic amines) is 1. The molecule has 0 saturated carbocycles. The van der Waals surface area contributed by atoms with Crippen molar-refractivity contribution in [2.45, 2.75) is 183 Å². The van der Waals surface area contributed by atoms with Crippen LogP contribution in [0.15, 0.2) is 30.3 Å². The Labute approximate surface area is 401 Å². The molecule has 1 aliphatic heterocycles. The van der Waals surface area contributed by atoms with E-state index in [1.807, 2.05) is 26.8 Å². The summed E-state index contributed by atoms with van der Waals surface area (Å²) in [6.45, 7) is 28.8. The molecule has 8 atom stereocenters. The van der Waals surface area contributed by atoms with Crippen LogP contribution in [0.1, 0.15) is 114 Å². The second-order valence-corrected chi connectivity index (χ2v) is 27.2. The lowest BCUT2D eigenvalue weighted by molar-refractivity contribution is -0.169. The van der Waals surface area contributed by atoms with Gasteiger partial charge in [-0.15, -0.1) is 0 Å². The zero-order valence-electron chi connectivity index (χ0n) is 43.4. The Hall–Kier alpha value is -4.51. The van der Waals surface area contributed by atoms with Crippen LogP contribution in [-0.4, -0.2) is 129 Å². The number of nitrogens with zero attached hydrogens (tertiary/aromatic N) is 2. The molecule has 0 aliphatic carbocycles. The number of esters is 3. The maximum atomic E-state index is 14.6. The summed E-state index contributed by atoms with van der Waals surface area (Å²) in [4.78, 5) is 99.6. The summed E-state index contributed by atoms with van der Waals surface area (Å²) in [7, 11) is 0.0383. The van der Waals surface area contributed by atoms with Gasteiger partial charge in [0.2, 0.25) is 11.8 Å². The number of likely N-dealkylation sites (N-methyl/N-ethyl adjacent to an activating group) is 1. The number of rotatable bonds is 25. The Kier molecular flexibility index (Phi) is 23.5. The topological polar surface area (TPSA) is 196 Å². The van der Waals surface area contributed by atoms with E-state index < -0.39 is 91.8 Å². The molecule has 4 amide bonds. The summed E-state index contributed by atoms with van der Waals surface area (Å²) in [6, 6.07) is 5.09. The third kappa shape index (κ3) is 20.3. The molecule has 17 heteroatoms. The summed E-state index contributed by atoms with van der Waals surface area (Å²) in [5.74, 6) is -3.62. The van der Waals surface area contributed by atoms with E-state index in [2.05, 4.69) is 51.0 Å². The third-order valence-corrected chi connectivity index (χ3v) is 13.7. The highest BCUT2D eigenvalue weighted by molar-refractivity contribution is 6.76. The van der Waals surface area contributed by atoms with Gasteiger partial charge in [-0.25, -0.2) is 14.4 Å². The van der Waals surface area contributed by atoms with E-state index in [0.29, 0.717) is 30.9 Å². The number of benzene rings is 1. The van der Waals surface area contributed by atoms with Gasteiger partial charge in [-0.05, 0) is 88.2 Å². The fraction of sp³-hybridized carbons (Fsp3) is 0.740. The molecule has 1 saturated heterocycles. The molecule has 1 heterocycles. The zero-order valence-corrected chi connectivity index (χ0v) is 44.4. The Bertz CT molecular complexity index is 1780. The normalized spacial score (nSPS) is 17.4. The monoisotopic (exact) mass is 961 g/mol. The third-order valence-electron chi connectivity index (χ3n) is 12.0. The summed E-state index contributed by atoms with van der Waals surface area (Å²) >= 11 is 0. The second kappa shape index (κ2) is 26.9. The minimum Gasteiger partial charge on any atom is -0.458 e. The predicted octanol–water partition coefficient (Wildman–Crippen LogP) is 7.14. The minimum atomic E-state index is -1.51.